The molecule has 1 heterocycles. The number of fused-ring (bicyclic) bond motifs is 1. The van der Waals surface area contributed by atoms with Crippen molar-refractivity contribution in [2.24, 2.45) is 5.92 Å². The summed E-state index contributed by atoms with van der Waals surface area (Å²) in [6, 6.07) is 31.4. The molecule has 4 aromatic carbocycles. The minimum atomic E-state index is -0.523. The summed E-state index contributed by atoms with van der Waals surface area (Å²) in [6.45, 7) is 5.29. The summed E-state index contributed by atoms with van der Waals surface area (Å²) in [7, 11) is 0. The van der Waals surface area contributed by atoms with Gasteiger partial charge in [0.15, 0.2) is 6.61 Å². The van der Waals surface area contributed by atoms with Crippen LogP contribution in [0, 0.1) is 16.0 Å². The highest BCUT2D eigenvalue weighted by molar-refractivity contribution is 6.02. The number of non-ortho nitro benzene ring substituents is 1. The molecule has 0 saturated carbocycles. The van der Waals surface area contributed by atoms with E-state index >= 15 is 0 Å². The van der Waals surface area contributed by atoms with Crippen molar-refractivity contribution in [1.82, 2.24) is 10.2 Å². The lowest BCUT2D eigenvalue weighted by Gasteiger charge is -2.46. The lowest BCUT2D eigenvalue weighted by molar-refractivity contribution is -0.384. The van der Waals surface area contributed by atoms with Crippen molar-refractivity contribution in [1.29, 1.82) is 0 Å². The van der Waals surface area contributed by atoms with Gasteiger partial charge in [-0.15, -0.1) is 0 Å². The molecule has 2 amide bonds. The normalized spacial score (nSPS) is 14.4. The van der Waals surface area contributed by atoms with Crippen LogP contribution in [-0.4, -0.2) is 34.8 Å². The van der Waals surface area contributed by atoms with Gasteiger partial charge in [0.05, 0.1) is 16.2 Å². The van der Waals surface area contributed by atoms with Gasteiger partial charge in [-0.05, 0) is 40.8 Å². The molecule has 1 aliphatic rings. The summed E-state index contributed by atoms with van der Waals surface area (Å²) >= 11 is 0. The zero-order chi connectivity index (χ0) is 30.3. The van der Waals surface area contributed by atoms with Gasteiger partial charge >= 0.3 is 0 Å². The number of hydrogen-bond donors (Lipinski definition) is 1. The second-order valence-corrected chi connectivity index (χ2v) is 10.9. The van der Waals surface area contributed by atoms with E-state index in [0.717, 1.165) is 16.7 Å². The highest BCUT2D eigenvalue weighted by Crippen LogP contribution is 2.42. The first-order chi connectivity index (χ1) is 20.8. The van der Waals surface area contributed by atoms with Crippen LogP contribution in [0.15, 0.2) is 103 Å². The number of amides is 2. The van der Waals surface area contributed by atoms with Gasteiger partial charge in [0.25, 0.3) is 17.5 Å². The monoisotopic (exact) mass is 578 g/mol. The van der Waals surface area contributed by atoms with Gasteiger partial charge in [0, 0.05) is 31.8 Å². The number of carbonyl (C=O) groups excluding carboxylic acids is 2. The predicted molar refractivity (Wildman–Crippen MR) is 165 cm³/mol. The van der Waals surface area contributed by atoms with Crippen LogP contribution >= 0.6 is 0 Å². The van der Waals surface area contributed by atoms with Crippen LogP contribution < -0.4 is 15.0 Å². The Labute approximate surface area is 250 Å². The summed E-state index contributed by atoms with van der Waals surface area (Å²) < 4.78 is 5.73. The Kier molecular flexibility index (Phi) is 9.00. The lowest BCUT2D eigenvalue weighted by Crippen LogP contribution is -2.48. The van der Waals surface area contributed by atoms with E-state index in [1.54, 1.807) is 23.1 Å². The number of benzene rings is 4. The van der Waals surface area contributed by atoms with Crippen molar-refractivity contribution in [3.63, 3.8) is 0 Å². The van der Waals surface area contributed by atoms with E-state index in [4.69, 9.17) is 4.74 Å². The maximum absolute atomic E-state index is 14.1. The molecule has 4 aromatic rings. The molecule has 0 unspecified atom stereocenters. The van der Waals surface area contributed by atoms with Crippen molar-refractivity contribution in [2.45, 2.75) is 33.1 Å². The van der Waals surface area contributed by atoms with Gasteiger partial charge in [-0.1, -0.05) is 86.6 Å². The summed E-state index contributed by atoms with van der Waals surface area (Å²) in [5.74, 6) is 0.393. The van der Waals surface area contributed by atoms with E-state index in [2.05, 4.69) is 10.2 Å². The molecule has 0 aromatic heterocycles. The quantitative estimate of drug-likeness (QED) is 0.170. The van der Waals surface area contributed by atoms with Gasteiger partial charge in [0.2, 0.25) is 0 Å². The van der Waals surface area contributed by atoms with E-state index < -0.39 is 11.1 Å². The minimum Gasteiger partial charge on any atom is -0.484 e. The fraction of sp³-hybridized carbons (Fsp3) is 0.235. The topological polar surface area (TPSA) is 105 Å². The molecule has 5 rings (SSSR count). The zero-order valence-corrected chi connectivity index (χ0v) is 24.2. The molecule has 1 N–H and O–H groups in total. The zero-order valence-electron chi connectivity index (χ0n) is 24.2. The third-order valence-electron chi connectivity index (χ3n) is 7.23. The molecule has 0 bridgehead atoms. The lowest BCUT2D eigenvalue weighted by atomic mass is 9.98. The van der Waals surface area contributed by atoms with E-state index in [-0.39, 0.29) is 29.7 Å². The van der Waals surface area contributed by atoms with Crippen molar-refractivity contribution < 1.29 is 19.2 Å². The highest BCUT2D eigenvalue weighted by Gasteiger charge is 2.39. The Morgan fingerprint density at radius 1 is 0.884 bits per heavy atom. The van der Waals surface area contributed by atoms with Gasteiger partial charge in [-0.3, -0.25) is 19.7 Å². The second kappa shape index (κ2) is 13.2. The Morgan fingerprint density at radius 3 is 2.07 bits per heavy atom. The first-order valence-electron chi connectivity index (χ1n) is 14.2. The smallest absolute Gasteiger partial charge is 0.270 e. The molecular weight excluding hydrogens is 544 g/mol. The number of nitro groups is 1. The Morgan fingerprint density at radius 2 is 1.49 bits per heavy atom. The second-order valence-electron chi connectivity index (χ2n) is 10.9. The van der Waals surface area contributed by atoms with Gasteiger partial charge in [0.1, 0.15) is 11.9 Å². The molecule has 9 nitrogen and oxygen atoms in total. The number of nitrogens with zero attached hydrogens (tertiary/aromatic N) is 3. The van der Waals surface area contributed by atoms with E-state index in [0.29, 0.717) is 37.0 Å². The molecule has 0 spiro atoms. The number of carbonyl (C=O) groups is 2. The van der Waals surface area contributed by atoms with E-state index in [9.17, 15) is 19.7 Å². The van der Waals surface area contributed by atoms with Crippen molar-refractivity contribution in [3.8, 4) is 5.75 Å². The van der Waals surface area contributed by atoms with Gasteiger partial charge in [-0.25, -0.2) is 0 Å². The van der Waals surface area contributed by atoms with Crippen LogP contribution in [0.25, 0.3) is 0 Å². The summed E-state index contributed by atoms with van der Waals surface area (Å²) in [5, 5.41) is 14.5. The standard InChI is InChI=1S/C34H34N4O5/c1-24(2)20-35-32(39)23-43-29-16-13-27(14-17-29)33-36(21-25-9-5-3-6-10-25)31-18-15-28(38(41)42)19-30(31)34(40)37(33)22-26-11-7-4-8-12-26/h3-19,24,33H,20-23H2,1-2H3,(H,35,39)/t33-/m1/s1. The maximum atomic E-state index is 14.1. The summed E-state index contributed by atoms with van der Waals surface area (Å²) in [4.78, 5) is 41.3. The van der Waals surface area contributed by atoms with Crippen LogP contribution in [0.5, 0.6) is 5.75 Å². The predicted octanol–water partition coefficient (Wildman–Crippen LogP) is 6.11. The number of rotatable bonds is 11. The Bertz CT molecular complexity index is 1580. The summed E-state index contributed by atoms with van der Waals surface area (Å²) in [5.41, 5.74) is 3.56. The molecule has 9 heteroatoms. The third kappa shape index (κ3) is 7.01. The fourth-order valence-corrected chi connectivity index (χ4v) is 5.13. The molecule has 1 atom stereocenters. The van der Waals surface area contributed by atoms with Crippen LogP contribution in [0.1, 0.15) is 47.1 Å². The van der Waals surface area contributed by atoms with Crippen LogP contribution in [0.3, 0.4) is 0 Å². The average molecular weight is 579 g/mol. The number of nitrogens with one attached hydrogen (secondary N) is 1. The number of hydrogen-bond acceptors (Lipinski definition) is 6. The maximum Gasteiger partial charge on any atom is 0.270 e. The Balaban J connectivity index is 1.53. The molecule has 0 saturated heterocycles. The number of ether oxygens (including phenoxy) is 1. The molecule has 43 heavy (non-hydrogen) atoms. The molecule has 0 radical (unpaired) electrons. The molecule has 1 aliphatic heterocycles. The van der Waals surface area contributed by atoms with Gasteiger partial charge in [-0.2, -0.15) is 0 Å². The summed E-state index contributed by atoms with van der Waals surface area (Å²) in [6.07, 6.45) is -0.523. The van der Waals surface area contributed by atoms with Crippen molar-refractivity contribution in [3.05, 3.63) is 135 Å². The molecule has 220 valence electrons. The van der Waals surface area contributed by atoms with Crippen molar-refractivity contribution >= 4 is 23.2 Å². The van der Waals surface area contributed by atoms with Crippen LogP contribution in [-0.2, 0) is 17.9 Å². The largest absolute Gasteiger partial charge is 0.484 e. The molecule has 0 aliphatic carbocycles. The first kappa shape index (κ1) is 29.3. The first-order valence-corrected chi connectivity index (χ1v) is 14.2. The average Bonchev–Trinajstić information content (AvgIpc) is 3.02. The SMILES string of the molecule is CC(C)CNC(=O)COc1ccc([C@H]2N(Cc3ccccc3)C(=O)c3cc([N+](=O)[O-])ccc3N2Cc2ccccc2)cc1. The number of anilines is 1. The van der Waals surface area contributed by atoms with E-state index in [1.165, 1.54) is 12.1 Å². The van der Waals surface area contributed by atoms with E-state index in [1.807, 2.05) is 86.6 Å². The third-order valence-corrected chi connectivity index (χ3v) is 7.23. The minimum absolute atomic E-state index is 0.0968. The molecule has 0 fully saturated rings. The number of nitro benzene ring substituents is 1. The fourth-order valence-electron chi connectivity index (χ4n) is 5.13. The highest BCUT2D eigenvalue weighted by atomic mass is 16.6. The molecular formula is C34H34N4O5. The Hall–Kier alpha value is -5.18. The van der Waals surface area contributed by atoms with Crippen LogP contribution in [0.4, 0.5) is 11.4 Å². The van der Waals surface area contributed by atoms with Crippen molar-refractivity contribution in [2.75, 3.05) is 18.1 Å². The van der Waals surface area contributed by atoms with Gasteiger partial charge < -0.3 is 19.9 Å². The van der Waals surface area contributed by atoms with Crippen LogP contribution in [0.2, 0.25) is 0 Å².